The van der Waals surface area contributed by atoms with Gasteiger partial charge in [-0.05, 0) is 30.4 Å². The van der Waals surface area contributed by atoms with Gasteiger partial charge in [0.05, 0.1) is 5.92 Å². The maximum Gasteiger partial charge on any atom is 0.228 e. The van der Waals surface area contributed by atoms with E-state index in [-0.39, 0.29) is 17.7 Å². The Morgan fingerprint density at radius 1 is 1.04 bits per heavy atom. The van der Waals surface area contributed by atoms with Crippen LogP contribution in [0.3, 0.4) is 0 Å². The minimum atomic E-state index is -1.15. The lowest BCUT2D eigenvalue weighted by Gasteiger charge is -2.28. The molecule has 1 heterocycles. The first-order valence-corrected chi connectivity index (χ1v) is 7.73. The van der Waals surface area contributed by atoms with Crippen LogP contribution in [0.1, 0.15) is 6.42 Å². The first-order chi connectivity index (χ1) is 11.1. The van der Waals surface area contributed by atoms with Gasteiger partial charge in [0.15, 0.2) is 11.5 Å². The highest BCUT2D eigenvalue weighted by molar-refractivity contribution is 5.96. The van der Waals surface area contributed by atoms with E-state index < -0.39 is 17.8 Å². The lowest BCUT2D eigenvalue weighted by atomic mass is 9.82. The van der Waals surface area contributed by atoms with E-state index in [1.54, 1.807) is 18.2 Å². The number of rotatable bonds is 3. The molecule has 3 aliphatic rings. The van der Waals surface area contributed by atoms with Gasteiger partial charge in [-0.3, -0.25) is 4.79 Å². The molecule has 23 heavy (non-hydrogen) atoms. The minimum absolute atomic E-state index is 0.0277. The lowest BCUT2D eigenvalue weighted by molar-refractivity contribution is -0.313. The Balaban J connectivity index is 1.54. The standard InChI is InChI=1S/C17H17NO5/c19-16(14-9-1-2-10(7-9)15(14)17(20)21)18-11-3-4-12-13(8-11)23-6-5-22-12/h1-4,8-10,14-15H,5-7H2,(H,18,19)(H,20,21)/p-1/t9-,10+,14+,15+/m1/s1. The molecule has 0 saturated heterocycles. The van der Waals surface area contributed by atoms with Crippen LogP contribution in [0.4, 0.5) is 5.69 Å². The van der Waals surface area contributed by atoms with E-state index in [4.69, 9.17) is 9.47 Å². The van der Waals surface area contributed by atoms with E-state index in [1.165, 1.54) is 0 Å². The summed E-state index contributed by atoms with van der Waals surface area (Å²) in [7, 11) is 0. The first kappa shape index (κ1) is 14.1. The highest BCUT2D eigenvalue weighted by Gasteiger charge is 2.48. The molecule has 1 saturated carbocycles. The predicted molar refractivity (Wildman–Crippen MR) is 78.8 cm³/mol. The number of carbonyl (C=O) groups is 2. The SMILES string of the molecule is O=C(Nc1ccc2c(c1)OCCO2)[C@@H]1[C@@H](C(=O)[O-])[C@H]2C=C[C@@H]1C2. The number of aliphatic carboxylic acids is 1. The molecule has 120 valence electrons. The number of carboxylic acids is 1. The highest BCUT2D eigenvalue weighted by atomic mass is 16.6. The zero-order chi connectivity index (χ0) is 16.0. The van der Waals surface area contributed by atoms with Crippen LogP contribution in [0.25, 0.3) is 0 Å². The number of hydrogen-bond acceptors (Lipinski definition) is 5. The Bertz CT molecular complexity index is 698. The molecular weight excluding hydrogens is 298 g/mol. The first-order valence-electron chi connectivity index (χ1n) is 7.73. The van der Waals surface area contributed by atoms with Crippen molar-refractivity contribution in [1.82, 2.24) is 0 Å². The van der Waals surface area contributed by atoms with Crippen LogP contribution in [0.2, 0.25) is 0 Å². The van der Waals surface area contributed by atoms with Crippen molar-refractivity contribution in [2.24, 2.45) is 23.7 Å². The van der Waals surface area contributed by atoms with Gasteiger partial charge in [0.2, 0.25) is 5.91 Å². The van der Waals surface area contributed by atoms with Crippen molar-refractivity contribution in [1.29, 1.82) is 0 Å². The van der Waals surface area contributed by atoms with Crippen LogP contribution in [0, 0.1) is 23.7 Å². The molecule has 1 amide bonds. The van der Waals surface area contributed by atoms with Crippen LogP contribution in [0.5, 0.6) is 11.5 Å². The van der Waals surface area contributed by atoms with Gasteiger partial charge in [-0.15, -0.1) is 0 Å². The van der Waals surface area contributed by atoms with Crippen molar-refractivity contribution in [3.63, 3.8) is 0 Å². The molecule has 4 atom stereocenters. The summed E-state index contributed by atoms with van der Waals surface area (Å²) in [4.78, 5) is 24.0. The number of nitrogens with one attached hydrogen (secondary N) is 1. The van der Waals surface area contributed by atoms with Crippen molar-refractivity contribution < 1.29 is 24.2 Å². The predicted octanol–water partition coefficient (Wildman–Crippen LogP) is 0.584. The Morgan fingerprint density at radius 3 is 2.48 bits per heavy atom. The Morgan fingerprint density at radius 2 is 1.74 bits per heavy atom. The number of anilines is 1. The molecule has 1 fully saturated rings. The number of fused-ring (bicyclic) bond motifs is 3. The Kier molecular flexibility index (Phi) is 3.25. The van der Waals surface area contributed by atoms with E-state index in [0.29, 0.717) is 36.8 Å². The Hall–Kier alpha value is -2.50. The number of benzene rings is 1. The molecule has 1 aliphatic heterocycles. The van der Waals surface area contributed by atoms with Crippen LogP contribution >= 0.6 is 0 Å². The summed E-state index contributed by atoms with van der Waals surface area (Å²) in [6.45, 7) is 0.970. The van der Waals surface area contributed by atoms with Gasteiger partial charge in [0.25, 0.3) is 0 Å². The second-order valence-electron chi connectivity index (χ2n) is 6.17. The fraction of sp³-hybridized carbons (Fsp3) is 0.412. The maximum atomic E-state index is 12.6. The Labute approximate surface area is 133 Å². The van der Waals surface area contributed by atoms with Gasteiger partial charge in [-0.1, -0.05) is 12.2 Å². The summed E-state index contributed by atoms with van der Waals surface area (Å²) in [6.07, 6.45) is 4.54. The molecule has 0 unspecified atom stereocenters. The third kappa shape index (κ3) is 2.34. The molecular formula is C17H16NO5-. The normalized spacial score (nSPS) is 30.3. The van der Waals surface area contributed by atoms with Gasteiger partial charge in [0.1, 0.15) is 13.2 Å². The highest BCUT2D eigenvalue weighted by Crippen LogP contribution is 2.48. The minimum Gasteiger partial charge on any atom is -0.550 e. The fourth-order valence-electron chi connectivity index (χ4n) is 3.85. The van der Waals surface area contributed by atoms with E-state index in [2.05, 4.69) is 5.32 Å². The molecule has 0 spiro atoms. The molecule has 1 N–H and O–H groups in total. The van der Waals surface area contributed by atoms with Gasteiger partial charge < -0.3 is 24.7 Å². The van der Waals surface area contributed by atoms with Crippen LogP contribution in [-0.2, 0) is 9.59 Å². The number of hydrogen-bond donors (Lipinski definition) is 1. The summed E-state index contributed by atoms with van der Waals surface area (Å²) in [5, 5.41) is 14.2. The van der Waals surface area contributed by atoms with Gasteiger partial charge in [0, 0.05) is 23.6 Å². The second kappa shape index (κ2) is 5.30. The van der Waals surface area contributed by atoms with Crippen molar-refractivity contribution >= 4 is 17.6 Å². The largest absolute Gasteiger partial charge is 0.550 e. The molecule has 6 nitrogen and oxygen atoms in total. The summed E-state index contributed by atoms with van der Waals surface area (Å²) < 4.78 is 10.9. The fourth-order valence-corrected chi connectivity index (χ4v) is 3.85. The number of allylic oxidation sites excluding steroid dienone is 2. The number of carbonyl (C=O) groups excluding carboxylic acids is 2. The molecule has 0 aromatic heterocycles. The van der Waals surface area contributed by atoms with Crippen LogP contribution in [0.15, 0.2) is 30.4 Å². The molecule has 2 bridgehead atoms. The average Bonchev–Trinajstić information content (AvgIpc) is 3.15. The lowest BCUT2D eigenvalue weighted by Crippen LogP contribution is -2.42. The van der Waals surface area contributed by atoms with Gasteiger partial charge in [-0.2, -0.15) is 0 Å². The number of carboxylic acid groups (broad SMARTS) is 1. The quantitative estimate of drug-likeness (QED) is 0.825. The maximum absolute atomic E-state index is 12.6. The van der Waals surface area contributed by atoms with Gasteiger partial charge >= 0.3 is 0 Å². The zero-order valence-corrected chi connectivity index (χ0v) is 12.4. The van der Waals surface area contributed by atoms with Crippen LogP contribution < -0.4 is 19.9 Å². The van der Waals surface area contributed by atoms with Crippen molar-refractivity contribution in [3.05, 3.63) is 30.4 Å². The molecule has 1 aromatic carbocycles. The molecule has 4 rings (SSSR count). The summed E-state index contributed by atoms with van der Waals surface area (Å²) in [6, 6.07) is 5.16. The smallest absolute Gasteiger partial charge is 0.228 e. The van der Waals surface area contributed by atoms with E-state index in [9.17, 15) is 14.7 Å². The topological polar surface area (TPSA) is 87.7 Å². The third-order valence-electron chi connectivity index (χ3n) is 4.84. The van der Waals surface area contributed by atoms with Crippen molar-refractivity contribution in [2.75, 3.05) is 18.5 Å². The monoisotopic (exact) mass is 314 g/mol. The van der Waals surface area contributed by atoms with Crippen molar-refractivity contribution in [3.8, 4) is 11.5 Å². The second-order valence-corrected chi connectivity index (χ2v) is 6.17. The summed E-state index contributed by atoms with van der Waals surface area (Å²) >= 11 is 0. The number of amides is 1. The third-order valence-corrected chi connectivity index (χ3v) is 4.84. The van der Waals surface area contributed by atoms with E-state index in [0.717, 1.165) is 0 Å². The number of ether oxygens (including phenoxy) is 2. The summed E-state index contributed by atoms with van der Waals surface area (Å²) in [5.41, 5.74) is 0.572. The zero-order valence-electron chi connectivity index (χ0n) is 12.4. The summed E-state index contributed by atoms with van der Waals surface area (Å²) in [5.74, 6) is -1.66. The van der Waals surface area contributed by atoms with Crippen LogP contribution in [-0.4, -0.2) is 25.1 Å². The van der Waals surface area contributed by atoms with Gasteiger partial charge in [-0.25, -0.2) is 0 Å². The molecule has 1 aromatic rings. The molecule has 6 heteroatoms. The molecule has 2 aliphatic carbocycles. The molecule has 0 radical (unpaired) electrons. The van der Waals surface area contributed by atoms with E-state index in [1.807, 2.05) is 12.2 Å². The van der Waals surface area contributed by atoms with E-state index >= 15 is 0 Å². The van der Waals surface area contributed by atoms with Crippen molar-refractivity contribution in [2.45, 2.75) is 6.42 Å². The average molecular weight is 314 g/mol.